The van der Waals surface area contributed by atoms with Gasteiger partial charge in [-0.25, -0.2) is 9.78 Å². The molecule has 0 fully saturated rings. The number of hydrogen-bond donors (Lipinski definition) is 1. The van der Waals surface area contributed by atoms with Crippen molar-refractivity contribution < 1.29 is 14.3 Å². The van der Waals surface area contributed by atoms with Crippen LogP contribution in [0, 0.1) is 0 Å². The van der Waals surface area contributed by atoms with E-state index < -0.39 is 11.7 Å². The molecule has 1 N–H and O–H groups in total. The summed E-state index contributed by atoms with van der Waals surface area (Å²) in [5, 5.41) is 3.08. The summed E-state index contributed by atoms with van der Waals surface area (Å²) in [7, 11) is 0. The molecule has 1 aromatic heterocycles. The summed E-state index contributed by atoms with van der Waals surface area (Å²) in [6, 6.07) is 10.4. The van der Waals surface area contributed by atoms with Crippen LogP contribution >= 0.6 is 11.6 Å². The van der Waals surface area contributed by atoms with Crippen molar-refractivity contribution in [1.29, 1.82) is 0 Å². The van der Waals surface area contributed by atoms with E-state index in [4.69, 9.17) is 16.3 Å². The van der Waals surface area contributed by atoms with Crippen LogP contribution in [0.2, 0.25) is 5.02 Å². The van der Waals surface area contributed by atoms with Gasteiger partial charge in [-0.1, -0.05) is 23.7 Å². The molecule has 6 heteroatoms. The fourth-order valence-corrected chi connectivity index (χ4v) is 2.06. The van der Waals surface area contributed by atoms with Gasteiger partial charge in [0.15, 0.2) is 6.29 Å². The van der Waals surface area contributed by atoms with Crippen molar-refractivity contribution in [3.63, 3.8) is 0 Å². The molecule has 1 amide bonds. The lowest BCUT2D eigenvalue weighted by atomic mass is 10.1. The Morgan fingerprint density at radius 1 is 1.26 bits per heavy atom. The zero-order valence-electron chi connectivity index (χ0n) is 13.1. The predicted octanol–water partition coefficient (Wildman–Crippen LogP) is 4.56. The average Bonchev–Trinajstić information content (AvgIpc) is 2.45. The molecule has 0 spiro atoms. The van der Waals surface area contributed by atoms with E-state index in [2.05, 4.69) is 10.3 Å². The second-order valence-corrected chi connectivity index (χ2v) is 6.33. The lowest BCUT2D eigenvalue weighted by molar-refractivity contribution is 0.0635. The highest BCUT2D eigenvalue weighted by atomic mass is 35.5. The number of amides is 1. The monoisotopic (exact) mass is 332 g/mol. The maximum absolute atomic E-state index is 11.9. The van der Waals surface area contributed by atoms with Crippen molar-refractivity contribution in [2.24, 2.45) is 0 Å². The minimum atomic E-state index is -0.670. The molecule has 0 aliphatic rings. The van der Waals surface area contributed by atoms with E-state index in [0.717, 1.165) is 5.56 Å². The van der Waals surface area contributed by atoms with Gasteiger partial charge in [0.25, 0.3) is 0 Å². The van der Waals surface area contributed by atoms with Gasteiger partial charge in [-0.05, 0) is 45.0 Å². The van der Waals surface area contributed by atoms with Crippen molar-refractivity contribution >= 4 is 29.8 Å². The normalized spacial score (nSPS) is 11.0. The molecular weight excluding hydrogens is 316 g/mol. The minimum absolute atomic E-state index is 0.145. The van der Waals surface area contributed by atoms with Gasteiger partial charge < -0.3 is 4.74 Å². The average molecular weight is 333 g/mol. The van der Waals surface area contributed by atoms with Crippen LogP contribution in [0.5, 0.6) is 0 Å². The van der Waals surface area contributed by atoms with Crippen molar-refractivity contribution in [2.75, 3.05) is 5.32 Å². The number of aldehydes is 1. The molecule has 1 heterocycles. The molecule has 2 aromatic rings. The smallest absolute Gasteiger partial charge is 0.413 e. The molecule has 2 rings (SSSR count). The van der Waals surface area contributed by atoms with E-state index in [9.17, 15) is 9.59 Å². The maximum Gasteiger partial charge on any atom is 0.413 e. The molecule has 0 bridgehead atoms. The number of anilines is 1. The Kier molecular flexibility index (Phi) is 5.01. The molecule has 0 unspecified atom stereocenters. The van der Waals surface area contributed by atoms with Gasteiger partial charge in [-0.15, -0.1) is 0 Å². The lowest BCUT2D eigenvalue weighted by Crippen LogP contribution is -2.27. The number of aromatic nitrogens is 1. The third kappa shape index (κ3) is 4.79. The number of hydrogen-bond acceptors (Lipinski definition) is 4. The zero-order chi connectivity index (χ0) is 17.0. The van der Waals surface area contributed by atoms with Gasteiger partial charge >= 0.3 is 6.09 Å². The van der Waals surface area contributed by atoms with Crippen LogP contribution in [-0.2, 0) is 4.74 Å². The Bertz CT molecular complexity index is 739. The van der Waals surface area contributed by atoms with Crippen LogP contribution in [0.1, 0.15) is 31.1 Å². The first kappa shape index (κ1) is 17.0. The molecule has 0 aliphatic heterocycles. The van der Waals surface area contributed by atoms with Crippen molar-refractivity contribution in [3.05, 3.63) is 47.0 Å². The number of rotatable bonds is 3. The van der Waals surface area contributed by atoms with Crippen molar-refractivity contribution in [3.8, 4) is 11.3 Å². The van der Waals surface area contributed by atoms with Gasteiger partial charge in [0, 0.05) is 10.6 Å². The Morgan fingerprint density at radius 3 is 2.61 bits per heavy atom. The maximum atomic E-state index is 11.9. The highest BCUT2D eigenvalue weighted by molar-refractivity contribution is 6.30. The fourth-order valence-electron chi connectivity index (χ4n) is 1.87. The third-order valence-corrected chi connectivity index (χ3v) is 3.03. The number of ether oxygens (including phenoxy) is 1. The standard InChI is InChI=1S/C17H17ClN2O3/c1-17(2,3)23-16(22)20-15-12(10-21)7-8-14(19-15)11-5-4-6-13(18)9-11/h4-10H,1-3H3,(H,19,20,22). The summed E-state index contributed by atoms with van der Waals surface area (Å²) >= 11 is 5.98. The molecule has 0 atom stereocenters. The van der Waals surface area contributed by atoms with Crippen LogP contribution in [0.3, 0.4) is 0 Å². The van der Waals surface area contributed by atoms with Crippen molar-refractivity contribution in [2.45, 2.75) is 26.4 Å². The largest absolute Gasteiger partial charge is 0.444 e. The molecule has 0 saturated heterocycles. The number of nitrogens with one attached hydrogen (secondary N) is 1. The number of carbonyl (C=O) groups is 2. The molecule has 0 radical (unpaired) electrons. The van der Waals surface area contributed by atoms with Crippen LogP contribution < -0.4 is 5.32 Å². The molecule has 0 aliphatic carbocycles. The molecule has 1 aromatic carbocycles. The highest BCUT2D eigenvalue weighted by Crippen LogP contribution is 2.24. The topological polar surface area (TPSA) is 68.3 Å². The lowest BCUT2D eigenvalue weighted by Gasteiger charge is -2.20. The Labute approximate surface area is 139 Å². The summed E-state index contributed by atoms with van der Waals surface area (Å²) in [6.07, 6.45) is -0.0436. The fraction of sp³-hybridized carbons (Fsp3) is 0.235. The molecule has 0 saturated carbocycles. The second-order valence-electron chi connectivity index (χ2n) is 5.89. The van der Waals surface area contributed by atoms with Gasteiger partial charge in [-0.2, -0.15) is 0 Å². The molecule has 5 nitrogen and oxygen atoms in total. The first-order valence-electron chi connectivity index (χ1n) is 7.00. The quantitative estimate of drug-likeness (QED) is 0.836. The van der Waals surface area contributed by atoms with Crippen molar-refractivity contribution in [1.82, 2.24) is 4.98 Å². The van der Waals surface area contributed by atoms with E-state index in [0.29, 0.717) is 17.0 Å². The summed E-state index contributed by atoms with van der Waals surface area (Å²) in [6.45, 7) is 5.26. The number of benzene rings is 1. The first-order valence-corrected chi connectivity index (χ1v) is 7.38. The van der Waals surface area contributed by atoms with Crippen LogP contribution in [0.4, 0.5) is 10.6 Å². The Hall–Kier alpha value is -2.40. The predicted molar refractivity (Wildman–Crippen MR) is 89.9 cm³/mol. The summed E-state index contributed by atoms with van der Waals surface area (Å²) in [4.78, 5) is 27.4. The van der Waals surface area contributed by atoms with E-state index in [1.54, 1.807) is 51.1 Å². The Balaban J connectivity index is 2.33. The van der Waals surface area contributed by atoms with Crippen LogP contribution in [0.25, 0.3) is 11.3 Å². The SMILES string of the molecule is CC(C)(C)OC(=O)Nc1nc(-c2cccc(Cl)c2)ccc1C=O. The molecule has 23 heavy (non-hydrogen) atoms. The van der Waals surface area contributed by atoms with E-state index in [-0.39, 0.29) is 11.4 Å². The zero-order valence-corrected chi connectivity index (χ0v) is 13.8. The van der Waals surface area contributed by atoms with E-state index >= 15 is 0 Å². The van der Waals surface area contributed by atoms with Gasteiger partial charge in [0.1, 0.15) is 11.4 Å². The number of pyridine rings is 1. The van der Waals surface area contributed by atoms with Gasteiger partial charge in [-0.3, -0.25) is 10.1 Å². The number of nitrogens with zero attached hydrogens (tertiary/aromatic N) is 1. The second kappa shape index (κ2) is 6.79. The summed E-state index contributed by atoms with van der Waals surface area (Å²) in [5.74, 6) is 0.145. The van der Waals surface area contributed by atoms with Crippen LogP contribution in [0.15, 0.2) is 36.4 Å². The van der Waals surface area contributed by atoms with Crippen LogP contribution in [-0.4, -0.2) is 23.0 Å². The number of carbonyl (C=O) groups excluding carboxylic acids is 2. The van der Waals surface area contributed by atoms with Gasteiger partial charge in [0.2, 0.25) is 0 Å². The van der Waals surface area contributed by atoms with E-state index in [1.807, 2.05) is 6.07 Å². The summed E-state index contributed by atoms with van der Waals surface area (Å²) < 4.78 is 5.18. The Morgan fingerprint density at radius 2 is 2.00 bits per heavy atom. The highest BCUT2D eigenvalue weighted by Gasteiger charge is 2.18. The van der Waals surface area contributed by atoms with Gasteiger partial charge in [0.05, 0.1) is 11.3 Å². The molecular formula is C17H17ClN2O3. The minimum Gasteiger partial charge on any atom is -0.444 e. The van der Waals surface area contributed by atoms with E-state index in [1.165, 1.54) is 0 Å². The first-order chi connectivity index (χ1) is 10.8. The number of halogens is 1. The third-order valence-electron chi connectivity index (χ3n) is 2.79. The summed E-state index contributed by atoms with van der Waals surface area (Å²) in [5.41, 5.74) is 0.990. The molecule has 120 valence electrons.